The third kappa shape index (κ3) is 3.06. The number of carbonyl (C=O) groups excluding carboxylic acids is 1. The Morgan fingerprint density at radius 3 is 2.69 bits per heavy atom. The van der Waals surface area contributed by atoms with Gasteiger partial charge in [0.2, 0.25) is 0 Å². The topological polar surface area (TPSA) is 38.1 Å². The van der Waals surface area contributed by atoms with Gasteiger partial charge in [0.25, 0.3) is 0 Å². The van der Waals surface area contributed by atoms with Crippen LogP contribution in [0.3, 0.4) is 0 Å². The molecule has 1 aromatic heterocycles. The average molecular weight is 244 g/mol. The molecule has 4 nitrogen and oxygen atoms in total. The summed E-state index contributed by atoms with van der Waals surface area (Å²) < 4.78 is 1.70. The second kappa shape index (κ2) is 6.01. The van der Waals surface area contributed by atoms with Gasteiger partial charge in [0.1, 0.15) is 5.15 Å². The van der Waals surface area contributed by atoms with Gasteiger partial charge in [-0.2, -0.15) is 5.10 Å². The summed E-state index contributed by atoms with van der Waals surface area (Å²) in [5.41, 5.74) is 1.35. The zero-order valence-corrected chi connectivity index (χ0v) is 10.8. The van der Waals surface area contributed by atoms with E-state index in [9.17, 15) is 4.79 Å². The van der Waals surface area contributed by atoms with Crippen LogP contribution in [0.2, 0.25) is 5.15 Å². The summed E-state index contributed by atoms with van der Waals surface area (Å²) in [7, 11) is 3.98. The lowest BCUT2D eigenvalue weighted by atomic mass is 10.2. The Labute approximate surface area is 101 Å². The van der Waals surface area contributed by atoms with Crippen molar-refractivity contribution in [3.05, 3.63) is 16.4 Å². The SMILES string of the molecule is CCCc1nn(CCN(C)C)c(Cl)c1C=O. The van der Waals surface area contributed by atoms with Gasteiger partial charge >= 0.3 is 0 Å². The molecule has 0 saturated heterocycles. The summed E-state index contributed by atoms with van der Waals surface area (Å²) in [4.78, 5) is 13.0. The molecule has 0 atom stereocenters. The molecule has 1 rings (SSSR count). The van der Waals surface area contributed by atoms with E-state index in [1.54, 1.807) is 4.68 Å². The van der Waals surface area contributed by atoms with Gasteiger partial charge in [0.15, 0.2) is 6.29 Å². The normalized spacial score (nSPS) is 11.1. The highest BCUT2D eigenvalue weighted by Gasteiger charge is 2.14. The average Bonchev–Trinajstić information content (AvgIpc) is 2.52. The van der Waals surface area contributed by atoms with Gasteiger partial charge in [-0.05, 0) is 20.5 Å². The molecule has 0 aliphatic heterocycles. The van der Waals surface area contributed by atoms with Crippen LogP contribution in [-0.2, 0) is 13.0 Å². The fourth-order valence-corrected chi connectivity index (χ4v) is 1.76. The molecule has 1 heterocycles. The van der Waals surface area contributed by atoms with Gasteiger partial charge in [0, 0.05) is 6.54 Å². The molecule has 0 saturated carbocycles. The smallest absolute Gasteiger partial charge is 0.155 e. The zero-order chi connectivity index (χ0) is 12.1. The molecule has 0 aliphatic carbocycles. The lowest BCUT2D eigenvalue weighted by molar-refractivity contribution is 0.112. The van der Waals surface area contributed by atoms with Crippen LogP contribution in [0.5, 0.6) is 0 Å². The number of halogens is 1. The number of rotatable bonds is 6. The zero-order valence-electron chi connectivity index (χ0n) is 10.0. The Morgan fingerprint density at radius 1 is 1.50 bits per heavy atom. The van der Waals surface area contributed by atoms with Gasteiger partial charge < -0.3 is 4.90 Å². The summed E-state index contributed by atoms with van der Waals surface area (Å²) in [6, 6.07) is 0. The predicted molar refractivity (Wildman–Crippen MR) is 65.2 cm³/mol. The summed E-state index contributed by atoms with van der Waals surface area (Å²) in [6.07, 6.45) is 2.55. The predicted octanol–water partition coefficient (Wildman–Crippen LogP) is 1.86. The monoisotopic (exact) mass is 243 g/mol. The van der Waals surface area contributed by atoms with Crippen molar-refractivity contribution < 1.29 is 4.79 Å². The Bertz CT molecular complexity index is 360. The number of aldehydes is 1. The summed E-state index contributed by atoms with van der Waals surface area (Å²) in [6.45, 7) is 3.61. The summed E-state index contributed by atoms with van der Waals surface area (Å²) in [5, 5.41) is 4.83. The summed E-state index contributed by atoms with van der Waals surface area (Å²) >= 11 is 6.10. The minimum absolute atomic E-state index is 0.459. The number of hydrogen-bond donors (Lipinski definition) is 0. The van der Waals surface area contributed by atoms with E-state index in [-0.39, 0.29) is 0 Å². The minimum atomic E-state index is 0.459. The van der Waals surface area contributed by atoms with Crippen LogP contribution >= 0.6 is 11.6 Å². The lowest BCUT2D eigenvalue weighted by Gasteiger charge is -2.09. The second-order valence-electron chi connectivity index (χ2n) is 4.05. The molecular formula is C11H18ClN3O. The molecule has 0 radical (unpaired) electrons. The van der Waals surface area contributed by atoms with Crippen molar-refractivity contribution in [3.63, 3.8) is 0 Å². The van der Waals surface area contributed by atoms with Gasteiger partial charge in [-0.3, -0.25) is 9.48 Å². The molecule has 1 aromatic rings. The maximum absolute atomic E-state index is 10.9. The first kappa shape index (κ1) is 13.2. The van der Waals surface area contributed by atoms with Crippen LogP contribution in [-0.4, -0.2) is 41.6 Å². The number of likely N-dealkylation sites (N-methyl/N-ethyl adjacent to an activating group) is 1. The third-order valence-corrected chi connectivity index (χ3v) is 2.76. The quantitative estimate of drug-likeness (QED) is 0.716. The standard InChI is InChI=1S/C11H18ClN3O/c1-4-5-10-9(8-16)11(12)15(13-10)7-6-14(2)3/h8H,4-7H2,1-3H3. The number of aryl methyl sites for hydroxylation is 1. The molecular weight excluding hydrogens is 226 g/mol. The van der Waals surface area contributed by atoms with Crippen LogP contribution in [0, 0.1) is 0 Å². The van der Waals surface area contributed by atoms with Gasteiger partial charge in [-0.15, -0.1) is 0 Å². The van der Waals surface area contributed by atoms with Crippen molar-refractivity contribution in [2.75, 3.05) is 20.6 Å². The van der Waals surface area contributed by atoms with Crippen LogP contribution in [0.1, 0.15) is 29.4 Å². The number of nitrogens with zero attached hydrogens (tertiary/aromatic N) is 3. The molecule has 0 spiro atoms. The number of hydrogen-bond acceptors (Lipinski definition) is 3. The van der Waals surface area contributed by atoms with E-state index < -0.39 is 0 Å². The Morgan fingerprint density at radius 2 is 2.19 bits per heavy atom. The van der Waals surface area contributed by atoms with E-state index in [2.05, 4.69) is 16.9 Å². The van der Waals surface area contributed by atoms with E-state index in [0.717, 1.165) is 31.4 Å². The first-order valence-electron chi connectivity index (χ1n) is 5.45. The highest BCUT2D eigenvalue weighted by atomic mass is 35.5. The lowest BCUT2D eigenvalue weighted by Crippen LogP contribution is -2.19. The molecule has 0 bridgehead atoms. The fourth-order valence-electron chi connectivity index (χ4n) is 1.48. The summed E-state index contributed by atoms with van der Waals surface area (Å²) in [5.74, 6) is 0. The van der Waals surface area contributed by atoms with Crippen molar-refractivity contribution in [1.29, 1.82) is 0 Å². The van der Waals surface area contributed by atoms with E-state index >= 15 is 0 Å². The highest BCUT2D eigenvalue weighted by molar-refractivity contribution is 6.32. The van der Waals surface area contributed by atoms with Crippen molar-refractivity contribution in [2.45, 2.75) is 26.3 Å². The van der Waals surface area contributed by atoms with E-state index in [1.807, 2.05) is 14.1 Å². The molecule has 16 heavy (non-hydrogen) atoms. The Kier molecular flexibility index (Phi) is 4.96. The van der Waals surface area contributed by atoms with E-state index in [0.29, 0.717) is 17.3 Å². The van der Waals surface area contributed by atoms with Crippen molar-refractivity contribution >= 4 is 17.9 Å². The van der Waals surface area contributed by atoms with Crippen molar-refractivity contribution in [1.82, 2.24) is 14.7 Å². The Balaban J connectivity index is 2.88. The molecule has 5 heteroatoms. The second-order valence-corrected chi connectivity index (χ2v) is 4.40. The molecule has 0 N–H and O–H groups in total. The van der Waals surface area contributed by atoms with E-state index in [4.69, 9.17) is 11.6 Å². The maximum Gasteiger partial charge on any atom is 0.155 e. The van der Waals surface area contributed by atoms with Crippen molar-refractivity contribution in [2.24, 2.45) is 0 Å². The first-order valence-corrected chi connectivity index (χ1v) is 5.83. The van der Waals surface area contributed by atoms with Crippen LogP contribution in [0.25, 0.3) is 0 Å². The number of aromatic nitrogens is 2. The number of carbonyl (C=O) groups is 1. The molecule has 0 aliphatic rings. The van der Waals surface area contributed by atoms with Crippen LogP contribution < -0.4 is 0 Å². The van der Waals surface area contributed by atoms with Crippen molar-refractivity contribution in [3.8, 4) is 0 Å². The molecule has 0 aromatic carbocycles. The van der Waals surface area contributed by atoms with Crippen LogP contribution in [0.15, 0.2) is 0 Å². The molecule has 0 unspecified atom stereocenters. The van der Waals surface area contributed by atoms with Gasteiger partial charge in [-0.1, -0.05) is 24.9 Å². The fraction of sp³-hybridized carbons (Fsp3) is 0.636. The third-order valence-electron chi connectivity index (χ3n) is 2.36. The highest BCUT2D eigenvalue weighted by Crippen LogP contribution is 2.19. The van der Waals surface area contributed by atoms with Crippen LogP contribution in [0.4, 0.5) is 0 Å². The molecule has 0 amide bonds. The molecule has 0 fully saturated rings. The molecule has 90 valence electrons. The Hall–Kier alpha value is -0.870. The first-order chi connectivity index (χ1) is 7.60. The largest absolute Gasteiger partial charge is 0.308 e. The maximum atomic E-state index is 10.9. The minimum Gasteiger partial charge on any atom is -0.308 e. The van der Waals surface area contributed by atoms with Gasteiger partial charge in [-0.25, -0.2) is 0 Å². The van der Waals surface area contributed by atoms with Gasteiger partial charge in [0.05, 0.1) is 17.8 Å². The van der Waals surface area contributed by atoms with E-state index in [1.165, 1.54) is 0 Å².